The molecule has 4 heteroatoms. The molecular formula is C15H22BrNOS. The number of nitrogens with one attached hydrogen (secondary N) is 1. The second-order valence-corrected chi connectivity index (χ2v) is 7.74. The van der Waals surface area contributed by atoms with E-state index >= 15 is 0 Å². The summed E-state index contributed by atoms with van der Waals surface area (Å²) in [5.41, 5.74) is 0.0856. The van der Waals surface area contributed by atoms with Crippen molar-refractivity contribution in [3.05, 3.63) is 28.7 Å². The van der Waals surface area contributed by atoms with Gasteiger partial charge < -0.3 is 5.32 Å². The van der Waals surface area contributed by atoms with Crippen LogP contribution in [0.4, 0.5) is 0 Å². The molecule has 1 N–H and O–H groups in total. The average molecular weight is 344 g/mol. The first-order valence-electron chi connectivity index (χ1n) is 6.46. The molecule has 0 fully saturated rings. The van der Waals surface area contributed by atoms with Crippen LogP contribution in [0.5, 0.6) is 0 Å². The Balaban J connectivity index is 2.42. The van der Waals surface area contributed by atoms with Crippen LogP contribution in [0.1, 0.15) is 27.7 Å². The number of carbonyl (C=O) groups excluding carboxylic acids is 1. The number of hydrogen-bond acceptors (Lipinski definition) is 2. The predicted molar refractivity (Wildman–Crippen MR) is 86.5 cm³/mol. The fourth-order valence-electron chi connectivity index (χ4n) is 1.39. The smallest absolute Gasteiger partial charge is 0.222 e. The van der Waals surface area contributed by atoms with E-state index in [1.54, 1.807) is 0 Å². The molecule has 0 spiro atoms. The molecule has 0 aromatic heterocycles. The number of rotatable bonds is 6. The van der Waals surface area contributed by atoms with Gasteiger partial charge in [0.1, 0.15) is 0 Å². The van der Waals surface area contributed by atoms with Gasteiger partial charge in [-0.1, -0.05) is 43.6 Å². The van der Waals surface area contributed by atoms with Gasteiger partial charge in [0.05, 0.1) is 0 Å². The van der Waals surface area contributed by atoms with Crippen LogP contribution in [0.15, 0.2) is 33.6 Å². The van der Waals surface area contributed by atoms with Gasteiger partial charge in [-0.05, 0) is 29.7 Å². The predicted octanol–water partition coefficient (Wildman–Crippen LogP) is 4.34. The third-order valence-corrected chi connectivity index (χ3v) is 4.77. The molecule has 0 atom stereocenters. The van der Waals surface area contributed by atoms with Crippen molar-refractivity contribution in [2.45, 2.75) is 32.6 Å². The molecule has 1 aromatic rings. The molecule has 19 heavy (non-hydrogen) atoms. The summed E-state index contributed by atoms with van der Waals surface area (Å²) in [4.78, 5) is 12.8. The van der Waals surface area contributed by atoms with Gasteiger partial charge in [-0.25, -0.2) is 0 Å². The minimum absolute atomic E-state index is 0.0509. The molecular weight excluding hydrogens is 322 g/mol. The summed E-state index contributed by atoms with van der Waals surface area (Å²) in [6.07, 6.45) is 0. The van der Waals surface area contributed by atoms with Crippen LogP contribution in [0.25, 0.3) is 0 Å². The van der Waals surface area contributed by atoms with Crippen LogP contribution in [0, 0.1) is 11.3 Å². The summed E-state index contributed by atoms with van der Waals surface area (Å²) >= 11 is 5.26. The molecule has 0 saturated heterocycles. The van der Waals surface area contributed by atoms with E-state index in [0.717, 1.165) is 10.2 Å². The molecule has 106 valence electrons. The summed E-state index contributed by atoms with van der Waals surface area (Å²) in [7, 11) is 0. The first-order chi connectivity index (χ1) is 8.80. The zero-order valence-electron chi connectivity index (χ0n) is 12.0. The highest BCUT2D eigenvalue weighted by molar-refractivity contribution is 9.10. The lowest BCUT2D eigenvalue weighted by Gasteiger charge is -2.25. The number of amides is 1. The van der Waals surface area contributed by atoms with Crippen molar-refractivity contribution in [1.82, 2.24) is 5.32 Å². The van der Waals surface area contributed by atoms with E-state index in [0.29, 0.717) is 6.54 Å². The van der Waals surface area contributed by atoms with Crippen molar-refractivity contribution in [3.8, 4) is 0 Å². The standard InChI is InChI=1S/C15H22BrNOS/c1-11(2)14(18)17-9-15(3,4)10-19-13-7-5-12(16)6-8-13/h5-8,11H,9-10H2,1-4H3,(H,17,18). The van der Waals surface area contributed by atoms with E-state index < -0.39 is 0 Å². The monoisotopic (exact) mass is 343 g/mol. The zero-order chi connectivity index (χ0) is 14.5. The summed E-state index contributed by atoms with van der Waals surface area (Å²) in [6, 6.07) is 8.32. The van der Waals surface area contributed by atoms with E-state index in [-0.39, 0.29) is 17.2 Å². The Morgan fingerprint density at radius 3 is 2.42 bits per heavy atom. The van der Waals surface area contributed by atoms with Gasteiger partial charge in [0.2, 0.25) is 5.91 Å². The Kier molecular flexibility index (Phi) is 6.40. The van der Waals surface area contributed by atoms with Gasteiger partial charge in [-0.2, -0.15) is 0 Å². The Bertz CT molecular complexity index is 415. The third kappa shape index (κ3) is 6.48. The third-order valence-electron chi connectivity index (χ3n) is 2.71. The number of hydrogen-bond donors (Lipinski definition) is 1. The first-order valence-corrected chi connectivity index (χ1v) is 8.24. The zero-order valence-corrected chi connectivity index (χ0v) is 14.4. The summed E-state index contributed by atoms with van der Waals surface area (Å²) in [5.74, 6) is 1.16. The maximum absolute atomic E-state index is 11.6. The van der Waals surface area contributed by atoms with Crippen LogP contribution in [0.2, 0.25) is 0 Å². The molecule has 1 aromatic carbocycles. The first kappa shape index (κ1) is 16.6. The van der Waals surface area contributed by atoms with E-state index in [4.69, 9.17) is 0 Å². The molecule has 0 aliphatic heterocycles. The van der Waals surface area contributed by atoms with Gasteiger partial charge >= 0.3 is 0 Å². The SMILES string of the molecule is CC(C)C(=O)NCC(C)(C)CSc1ccc(Br)cc1. The largest absolute Gasteiger partial charge is 0.355 e. The second-order valence-electron chi connectivity index (χ2n) is 5.78. The molecule has 0 aliphatic rings. The molecule has 0 radical (unpaired) electrons. The van der Waals surface area contributed by atoms with Crippen LogP contribution in [-0.4, -0.2) is 18.2 Å². The lowest BCUT2D eigenvalue weighted by atomic mass is 9.96. The minimum Gasteiger partial charge on any atom is -0.355 e. The van der Waals surface area contributed by atoms with Gasteiger partial charge in [0.15, 0.2) is 0 Å². The number of benzene rings is 1. The highest BCUT2D eigenvalue weighted by atomic mass is 79.9. The molecule has 0 heterocycles. The molecule has 0 aliphatic carbocycles. The molecule has 0 bridgehead atoms. The number of halogens is 1. The van der Waals surface area contributed by atoms with Crippen molar-refractivity contribution in [2.75, 3.05) is 12.3 Å². The second kappa shape index (κ2) is 7.34. The Morgan fingerprint density at radius 2 is 1.89 bits per heavy atom. The van der Waals surface area contributed by atoms with Crippen molar-refractivity contribution in [1.29, 1.82) is 0 Å². The Morgan fingerprint density at radius 1 is 1.32 bits per heavy atom. The van der Waals surface area contributed by atoms with Gasteiger partial charge in [0.25, 0.3) is 0 Å². The lowest BCUT2D eigenvalue weighted by molar-refractivity contribution is -0.124. The normalized spacial score (nSPS) is 11.7. The Hall–Kier alpha value is -0.480. The van der Waals surface area contributed by atoms with Crippen LogP contribution in [0.3, 0.4) is 0 Å². The molecule has 0 saturated carbocycles. The number of carbonyl (C=O) groups is 1. The number of thioether (sulfide) groups is 1. The highest BCUT2D eigenvalue weighted by Crippen LogP contribution is 2.28. The quantitative estimate of drug-likeness (QED) is 0.778. The van der Waals surface area contributed by atoms with Crippen molar-refractivity contribution in [3.63, 3.8) is 0 Å². The van der Waals surface area contributed by atoms with Crippen LogP contribution < -0.4 is 5.32 Å². The topological polar surface area (TPSA) is 29.1 Å². The lowest BCUT2D eigenvalue weighted by Crippen LogP contribution is -2.37. The molecule has 0 unspecified atom stereocenters. The maximum atomic E-state index is 11.6. The average Bonchev–Trinajstić information content (AvgIpc) is 2.35. The van der Waals surface area contributed by atoms with E-state index in [1.807, 2.05) is 25.6 Å². The molecule has 1 amide bonds. The maximum Gasteiger partial charge on any atom is 0.222 e. The van der Waals surface area contributed by atoms with E-state index in [2.05, 4.69) is 59.4 Å². The minimum atomic E-state index is 0.0509. The highest BCUT2D eigenvalue weighted by Gasteiger charge is 2.20. The molecule has 1 rings (SSSR count). The fourth-order valence-corrected chi connectivity index (χ4v) is 2.64. The van der Waals surface area contributed by atoms with Crippen molar-refractivity contribution < 1.29 is 4.79 Å². The van der Waals surface area contributed by atoms with Gasteiger partial charge in [-0.15, -0.1) is 11.8 Å². The fraction of sp³-hybridized carbons (Fsp3) is 0.533. The Labute approximate surface area is 128 Å². The van der Waals surface area contributed by atoms with Crippen LogP contribution >= 0.6 is 27.7 Å². The molecule has 2 nitrogen and oxygen atoms in total. The van der Waals surface area contributed by atoms with Gasteiger partial charge in [-0.3, -0.25) is 4.79 Å². The summed E-state index contributed by atoms with van der Waals surface area (Å²) in [5, 5.41) is 3.01. The van der Waals surface area contributed by atoms with Crippen molar-refractivity contribution in [2.24, 2.45) is 11.3 Å². The van der Waals surface area contributed by atoms with E-state index in [1.165, 1.54) is 4.90 Å². The summed E-state index contributed by atoms with van der Waals surface area (Å²) in [6.45, 7) is 8.91. The van der Waals surface area contributed by atoms with E-state index in [9.17, 15) is 4.79 Å². The summed E-state index contributed by atoms with van der Waals surface area (Å²) < 4.78 is 1.10. The van der Waals surface area contributed by atoms with Gasteiger partial charge in [0, 0.05) is 27.6 Å². The van der Waals surface area contributed by atoms with Crippen LogP contribution in [-0.2, 0) is 4.79 Å². The van der Waals surface area contributed by atoms with Crippen molar-refractivity contribution >= 4 is 33.6 Å².